The van der Waals surface area contributed by atoms with E-state index in [1.54, 1.807) is 11.3 Å². The van der Waals surface area contributed by atoms with Gasteiger partial charge in [0.2, 0.25) is 0 Å². The lowest BCUT2D eigenvalue weighted by molar-refractivity contribution is -0.147. The molecule has 0 fully saturated rings. The van der Waals surface area contributed by atoms with E-state index in [1.807, 2.05) is 16.3 Å². The summed E-state index contributed by atoms with van der Waals surface area (Å²) in [6, 6.07) is -1.14. The van der Waals surface area contributed by atoms with Crippen LogP contribution < -0.4 is 0 Å². The Morgan fingerprint density at radius 2 is 2.19 bits per heavy atom. The Hall–Kier alpha value is -1.36. The average molecular weight is 330 g/mol. The standard InChI is InChI=1S/C16H17NO2S.ClH/c1-19-16(18)15(12-5-3-2-4-6-12)17-9-7-14-13(11-17)8-10-20-14;/h2-6,8,10,15H,7,9,11H2,1H3;1H/i2D,3D,4D,5D,6D,16+1;. The summed E-state index contributed by atoms with van der Waals surface area (Å²) in [4.78, 5) is 15.5. The summed E-state index contributed by atoms with van der Waals surface area (Å²) in [5.74, 6) is -0.628. The minimum Gasteiger partial charge on any atom is -0.468 e. The molecule has 0 amide bonds. The second kappa shape index (κ2) is 7.07. The number of carbonyl (C=O) groups excluding carboxylic acids is 1. The Labute approximate surface area is 142 Å². The number of thiophene rings is 1. The summed E-state index contributed by atoms with van der Waals surface area (Å²) in [6.07, 6.45) is 0.749. The predicted molar refractivity (Wildman–Crippen MR) is 86.9 cm³/mol. The lowest BCUT2D eigenvalue weighted by atomic mass is 10.1. The zero-order chi connectivity index (χ0) is 18.3. The van der Waals surface area contributed by atoms with Crippen molar-refractivity contribution in [2.45, 2.75) is 19.0 Å². The van der Waals surface area contributed by atoms with E-state index in [9.17, 15) is 4.79 Å². The van der Waals surface area contributed by atoms with Crippen molar-refractivity contribution < 1.29 is 16.4 Å². The van der Waals surface area contributed by atoms with Crippen molar-refractivity contribution in [1.82, 2.24) is 4.90 Å². The third kappa shape index (κ3) is 3.28. The smallest absolute Gasteiger partial charge is 0.327 e. The molecule has 0 radical (unpaired) electrons. The highest BCUT2D eigenvalue weighted by molar-refractivity contribution is 7.10. The normalized spacial score (nSPS) is 19.0. The maximum Gasteiger partial charge on any atom is 0.327 e. The number of ether oxygens (including phenoxy) is 1. The first kappa shape index (κ1) is 10.4. The zero-order valence-electron chi connectivity index (χ0n) is 16.4. The Bertz CT molecular complexity index is 815. The van der Waals surface area contributed by atoms with Crippen molar-refractivity contribution in [3.63, 3.8) is 0 Å². The van der Waals surface area contributed by atoms with Gasteiger partial charge in [-0.05, 0) is 29.0 Å². The van der Waals surface area contributed by atoms with Crippen LogP contribution in [0.1, 0.15) is 28.9 Å². The molecule has 1 atom stereocenters. The largest absolute Gasteiger partial charge is 0.468 e. The molecular weight excluding hydrogens is 307 g/mol. The fourth-order valence-corrected chi connectivity index (χ4v) is 3.34. The maximum absolute atomic E-state index is 12.5. The fraction of sp³-hybridized carbons (Fsp3) is 0.312. The Morgan fingerprint density at radius 3 is 2.90 bits per heavy atom. The van der Waals surface area contributed by atoms with Crippen LogP contribution >= 0.6 is 23.7 Å². The maximum atomic E-state index is 12.5. The second-order valence-electron chi connectivity index (χ2n) is 4.55. The number of nitrogens with zero attached hydrogens (tertiary/aromatic N) is 1. The number of carbonyl (C=O) groups is 1. The monoisotopic (exact) mass is 329 g/mol. The first-order valence-corrected chi connectivity index (χ1v) is 7.18. The minimum atomic E-state index is -1.04. The number of methoxy groups -OCH3 is 1. The van der Waals surface area contributed by atoms with E-state index >= 15 is 0 Å². The van der Waals surface area contributed by atoms with Crippen LogP contribution in [0.3, 0.4) is 0 Å². The van der Waals surface area contributed by atoms with Crippen LogP contribution in [0, 0.1) is 0 Å². The van der Waals surface area contributed by atoms with Crippen LogP contribution in [0.5, 0.6) is 0 Å². The quantitative estimate of drug-likeness (QED) is 0.638. The minimum absolute atomic E-state index is 0. The molecular formula is C16H18ClNO2S. The fourth-order valence-electron chi connectivity index (χ4n) is 2.45. The van der Waals surface area contributed by atoms with E-state index in [-0.39, 0.29) is 30.1 Å². The summed E-state index contributed by atoms with van der Waals surface area (Å²) >= 11 is 1.66. The molecule has 2 heterocycles. The molecule has 3 nitrogen and oxygen atoms in total. The molecule has 1 unspecified atom stereocenters. The molecule has 1 aromatic carbocycles. The Kier molecular flexibility index (Phi) is 3.50. The van der Waals surface area contributed by atoms with Gasteiger partial charge >= 0.3 is 5.97 Å². The van der Waals surface area contributed by atoms with Crippen molar-refractivity contribution >= 4 is 29.7 Å². The topological polar surface area (TPSA) is 29.5 Å². The first-order chi connectivity index (χ1) is 11.9. The number of benzene rings is 1. The van der Waals surface area contributed by atoms with E-state index in [2.05, 4.69) is 0 Å². The van der Waals surface area contributed by atoms with E-state index in [1.165, 1.54) is 12.0 Å². The van der Waals surface area contributed by atoms with Crippen LogP contribution in [0.25, 0.3) is 0 Å². The number of halogens is 1. The SMILES string of the molecule is Cl.[2H]c1c([2H])c([2H])c(C([13C](=O)OC)N2CCc3sccc3C2)c([2H])c1[2H]. The molecule has 0 saturated carbocycles. The van der Waals surface area contributed by atoms with E-state index in [0.29, 0.717) is 13.1 Å². The number of hydrogen-bond donors (Lipinski definition) is 0. The van der Waals surface area contributed by atoms with Gasteiger partial charge in [-0.2, -0.15) is 0 Å². The number of fused-ring (bicyclic) bond motifs is 1. The Balaban J connectivity index is 0.00000243. The first-order valence-electron chi connectivity index (χ1n) is 8.80. The molecule has 5 heteroatoms. The summed E-state index contributed by atoms with van der Waals surface area (Å²) in [5, 5.41) is 1.99. The highest BCUT2D eigenvalue weighted by Crippen LogP contribution is 2.30. The van der Waals surface area contributed by atoms with Crippen LogP contribution in [0.15, 0.2) is 41.7 Å². The molecule has 0 spiro atoms. The highest BCUT2D eigenvalue weighted by atomic mass is 35.5. The summed E-state index contributed by atoms with van der Waals surface area (Å²) < 4.78 is 44.7. The lowest BCUT2D eigenvalue weighted by Crippen LogP contribution is -2.38. The Morgan fingerprint density at radius 1 is 1.43 bits per heavy atom. The van der Waals surface area contributed by atoms with E-state index in [4.69, 9.17) is 11.6 Å². The molecule has 1 aromatic heterocycles. The van der Waals surface area contributed by atoms with Crippen molar-refractivity contribution in [3.8, 4) is 0 Å². The molecule has 0 N–H and O–H groups in total. The van der Waals surface area contributed by atoms with Crippen molar-refractivity contribution in [3.05, 3.63) is 57.7 Å². The van der Waals surface area contributed by atoms with E-state index < -0.39 is 30.1 Å². The molecule has 3 rings (SSSR count). The van der Waals surface area contributed by atoms with Gasteiger partial charge in [0.25, 0.3) is 0 Å². The lowest BCUT2D eigenvalue weighted by Gasteiger charge is -2.33. The number of rotatable bonds is 3. The summed E-state index contributed by atoms with van der Waals surface area (Å²) in [6.45, 7) is 1.02. The van der Waals surface area contributed by atoms with Gasteiger partial charge < -0.3 is 4.74 Å². The average Bonchev–Trinajstić information content (AvgIpc) is 3.09. The predicted octanol–water partition coefficient (Wildman–Crippen LogP) is 3.44. The zero-order valence-corrected chi connectivity index (χ0v) is 13.1. The number of hydrogen-bond acceptors (Lipinski definition) is 4. The van der Waals surface area contributed by atoms with Gasteiger partial charge in [-0.1, -0.05) is 30.2 Å². The van der Waals surface area contributed by atoms with Crippen LogP contribution in [0.4, 0.5) is 0 Å². The van der Waals surface area contributed by atoms with Crippen molar-refractivity contribution in [1.29, 1.82) is 0 Å². The summed E-state index contributed by atoms with van der Waals surface area (Å²) in [7, 11) is 1.24. The van der Waals surface area contributed by atoms with Crippen LogP contribution in [0.2, 0.25) is 0 Å². The van der Waals surface area contributed by atoms with Gasteiger partial charge in [-0.15, -0.1) is 23.7 Å². The molecule has 0 bridgehead atoms. The molecule has 21 heavy (non-hydrogen) atoms. The van der Waals surface area contributed by atoms with Crippen LogP contribution in [-0.4, -0.2) is 24.5 Å². The van der Waals surface area contributed by atoms with Crippen molar-refractivity contribution in [2.24, 2.45) is 0 Å². The van der Waals surface area contributed by atoms with Gasteiger partial charge in [0, 0.05) is 18.0 Å². The second-order valence-corrected chi connectivity index (χ2v) is 5.55. The summed E-state index contributed by atoms with van der Waals surface area (Å²) in [5.41, 5.74) is 1.06. The van der Waals surface area contributed by atoms with Gasteiger partial charge in [-0.3, -0.25) is 4.90 Å². The van der Waals surface area contributed by atoms with Gasteiger partial charge in [0.1, 0.15) is 6.04 Å². The molecule has 1 aliphatic rings. The van der Waals surface area contributed by atoms with Gasteiger partial charge in [-0.25, -0.2) is 4.79 Å². The molecule has 1 aliphatic heterocycles. The molecule has 112 valence electrons. The molecule has 0 aliphatic carbocycles. The van der Waals surface area contributed by atoms with Gasteiger partial charge in [0.15, 0.2) is 0 Å². The van der Waals surface area contributed by atoms with Crippen molar-refractivity contribution in [2.75, 3.05) is 13.7 Å². The van der Waals surface area contributed by atoms with Crippen LogP contribution in [-0.2, 0) is 22.5 Å². The molecule has 2 aromatic rings. The number of esters is 1. The van der Waals surface area contributed by atoms with Gasteiger partial charge in [0.05, 0.1) is 14.0 Å². The third-order valence-corrected chi connectivity index (χ3v) is 4.44. The highest BCUT2D eigenvalue weighted by Gasteiger charge is 2.31. The molecule has 0 saturated heterocycles. The van der Waals surface area contributed by atoms with E-state index in [0.717, 1.165) is 12.0 Å². The third-order valence-electron chi connectivity index (χ3n) is 3.42.